The summed E-state index contributed by atoms with van der Waals surface area (Å²) in [5, 5.41) is 4.00. The van der Waals surface area contributed by atoms with Crippen molar-refractivity contribution in [3.05, 3.63) is 23.8 Å². The molecule has 0 saturated heterocycles. The molecule has 0 amide bonds. The van der Waals surface area contributed by atoms with E-state index in [1.165, 1.54) is 12.8 Å². The maximum absolute atomic E-state index is 6.01. The smallest absolute Gasteiger partial charge is 0.162 e. The first-order chi connectivity index (χ1) is 8.83. The fourth-order valence-corrected chi connectivity index (χ4v) is 2.19. The predicted octanol–water partition coefficient (Wildman–Crippen LogP) is 2.57. The average Bonchev–Trinajstić information content (AvgIpc) is 2.89. The Hall–Kier alpha value is -1.71. The zero-order valence-electron chi connectivity index (χ0n) is 11.0. The summed E-state index contributed by atoms with van der Waals surface area (Å²) in [7, 11) is 3.44. The van der Waals surface area contributed by atoms with Crippen molar-refractivity contribution in [2.45, 2.75) is 31.8 Å². The van der Waals surface area contributed by atoms with Gasteiger partial charge in [-0.3, -0.25) is 0 Å². The fourth-order valence-electron chi connectivity index (χ4n) is 2.19. The molecule has 1 N–H and O–H groups in total. The van der Waals surface area contributed by atoms with Crippen LogP contribution >= 0.6 is 0 Å². The van der Waals surface area contributed by atoms with Crippen molar-refractivity contribution >= 4 is 6.21 Å². The van der Waals surface area contributed by atoms with Gasteiger partial charge in [-0.05, 0) is 49.4 Å². The number of nitrogens with one attached hydrogen (secondary N) is 1. The molecule has 1 aliphatic rings. The fraction of sp³-hybridized carbons (Fsp3) is 0.500. The topological polar surface area (TPSA) is 42.9 Å². The van der Waals surface area contributed by atoms with Crippen molar-refractivity contribution < 1.29 is 9.47 Å². The second-order valence-corrected chi connectivity index (χ2v) is 4.42. The quantitative estimate of drug-likeness (QED) is 0.643. The lowest BCUT2D eigenvalue weighted by molar-refractivity contribution is 0.201. The molecule has 0 spiro atoms. The summed E-state index contributed by atoms with van der Waals surface area (Å²) in [5.41, 5.74) is 3.73. The SMILES string of the molecule is CNN=Cc1ccc(OC)c(OC2CCCC2)c1. The third kappa shape index (κ3) is 3.15. The molecule has 0 heterocycles. The van der Waals surface area contributed by atoms with Gasteiger partial charge in [0.15, 0.2) is 11.5 Å². The molecule has 1 aromatic carbocycles. The third-order valence-electron chi connectivity index (χ3n) is 3.13. The van der Waals surface area contributed by atoms with Crippen LogP contribution in [0.3, 0.4) is 0 Å². The number of rotatable bonds is 5. The maximum atomic E-state index is 6.01. The Morgan fingerprint density at radius 1 is 1.28 bits per heavy atom. The van der Waals surface area contributed by atoms with Gasteiger partial charge in [0.25, 0.3) is 0 Å². The molecule has 0 unspecified atom stereocenters. The molecule has 4 heteroatoms. The molecule has 1 fully saturated rings. The lowest BCUT2D eigenvalue weighted by atomic mass is 10.2. The summed E-state index contributed by atoms with van der Waals surface area (Å²) in [6, 6.07) is 5.85. The zero-order valence-corrected chi connectivity index (χ0v) is 11.0. The first-order valence-corrected chi connectivity index (χ1v) is 6.38. The second-order valence-electron chi connectivity index (χ2n) is 4.42. The van der Waals surface area contributed by atoms with Crippen LogP contribution in [-0.4, -0.2) is 26.5 Å². The summed E-state index contributed by atoms with van der Waals surface area (Å²) >= 11 is 0. The summed E-state index contributed by atoms with van der Waals surface area (Å²) in [6.07, 6.45) is 6.88. The minimum absolute atomic E-state index is 0.329. The van der Waals surface area contributed by atoms with Crippen LogP contribution in [0.1, 0.15) is 31.2 Å². The molecule has 0 radical (unpaired) electrons. The number of ether oxygens (including phenoxy) is 2. The molecule has 2 rings (SSSR count). The highest BCUT2D eigenvalue weighted by Crippen LogP contribution is 2.32. The van der Waals surface area contributed by atoms with Gasteiger partial charge in [0.2, 0.25) is 0 Å². The van der Waals surface area contributed by atoms with Crippen molar-refractivity contribution in [3.8, 4) is 11.5 Å². The molecule has 0 bridgehead atoms. The van der Waals surface area contributed by atoms with E-state index in [4.69, 9.17) is 9.47 Å². The van der Waals surface area contributed by atoms with Gasteiger partial charge in [-0.15, -0.1) is 0 Å². The van der Waals surface area contributed by atoms with Crippen LogP contribution in [-0.2, 0) is 0 Å². The van der Waals surface area contributed by atoms with Gasteiger partial charge in [0, 0.05) is 7.05 Å². The van der Waals surface area contributed by atoms with E-state index in [1.807, 2.05) is 18.2 Å². The number of methoxy groups -OCH3 is 1. The Morgan fingerprint density at radius 3 is 2.72 bits per heavy atom. The van der Waals surface area contributed by atoms with Gasteiger partial charge in [-0.2, -0.15) is 5.10 Å². The van der Waals surface area contributed by atoms with Gasteiger partial charge in [0.05, 0.1) is 19.4 Å². The van der Waals surface area contributed by atoms with Crippen LogP contribution in [0.4, 0.5) is 0 Å². The van der Waals surface area contributed by atoms with Gasteiger partial charge in [-0.1, -0.05) is 0 Å². The molecule has 18 heavy (non-hydrogen) atoms. The monoisotopic (exact) mass is 248 g/mol. The van der Waals surface area contributed by atoms with Gasteiger partial charge < -0.3 is 14.9 Å². The first-order valence-electron chi connectivity index (χ1n) is 6.38. The van der Waals surface area contributed by atoms with Crippen molar-refractivity contribution in [1.82, 2.24) is 5.43 Å². The zero-order chi connectivity index (χ0) is 12.8. The second kappa shape index (κ2) is 6.28. The Morgan fingerprint density at radius 2 is 2.06 bits per heavy atom. The lowest BCUT2D eigenvalue weighted by Crippen LogP contribution is -2.11. The highest BCUT2D eigenvalue weighted by Gasteiger charge is 2.18. The minimum atomic E-state index is 0.329. The van der Waals surface area contributed by atoms with Crippen LogP contribution in [0.5, 0.6) is 11.5 Å². The van der Waals surface area contributed by atoms with Gasteiger partial charge in [0.1, 0.15) is 0 Å². The van der Waals surface area contributed by atoms with E-state index in [9.17, 15) is 0 Å². The number of benzene rings is 1. The Balaban J connectivity index is 2.15. The Bertz CT molecular complexity index is 412. The lowest BCUT2D eigenvalue weighted by Gasteiger charge is -2.16. The van der Waals surface area contributed by atoms with Crippen molar-refractivity contribution in [3.63, 3.8) is 0 Å². The molecule has 1 aromatic rings. The summed E-state index contributed by atoms with van der Waals surface area (Å²) < 4.78 is 11.3. The minimum Gasteiger partial charge on any atom is -0.493 e. The van der Waals surface area contributed by atoms with Gasteiger partial charge in [-0.25, -0.2) is 0 Å². The molecule has 1 saturated carbocycles. The van der Waals surface area contributed by atoms with E-state index in [0.717, 1.165) is 29.9 Å². The maximum Gasteiger partial charge on any atom is 0.162 e. The highest BCUT2D eigenvalue weighted by molar-refractivity contribution is 5.80. The van der Waals surface area contributed by atoms with Gasteiger partial charge >= 0.3 is 0 Å². The highest BCUT2D eigenvalue weighted by atomic mass is 16.5. The summed E-state index contributed by atoms with van der Waals surface area (Å²) in [6.45, 7) is 0. The van der Waals surface area contributed by atoms with Crippen LogP contribution in [0.2, 0.25) is 0 Å². The molecule has 0 aliphatic heterocycles. The number of hydrazone groups is 1. The van der Waals surface area contributed by atoms with E-state index in [0.29, 0.717) is 6.10 Å². The van der Waals surface area contributed by atoms with Crippen LogP contribution in [0.25, 0.3) is 0 Å². The van der Waals surface area contributed by atoms with Crippen LogP contribution in [0, 0.1) is 0 Å². The van der Waals surface area contributed by atoms with E-state index in [-0.39, 0.29) is 0 Å². The van der Waals surface area contributed by atoms with Crippen LogP contribution < -0.4 is 14.9 Å². The molecule has 1 aliphatic carbocycles. The third-order valence-corrected chi connectivity index (χ3v) is 3.13. The van der Waals surface area contributed by atoms with E-state index in [2.05, 4.69) is 10.5 Å². The van der Waals surface area contributed by atoms with Crippen LogP contribution in [0.15, 0.2) is 23.3 Å². The Labute approximate surface area is 108 Å². The first kappa shape index (κ1) is 12.7. The molecular formula is C14H20N2O2. The van der Waals surface area contributed by atoms with E-state index < -0.39 is 0 Å². The normalized spacial score (nSPS) is 16.1. The number of nitrogens with zero attached hydrogens (tertiary/aromatic N) is 1. The molecule has 0 atom stereocenters. The summed E-state index contributed by atoms with van der Waals surface area (Å²) in [5.74, 6) is 1.59. The summed E-state index contributed by atoms with van der Waals surface area (Å²) in [4.78, 5) is 0. The number of hydrogen-bond donors (Lipinski definition) is 1. The van der Waals surface area contributed by atoms with E-state index >= 15 is 0 Å². The molecule has 0 aromatic heterocycles. The van der Waals surface area contributed by atoms with E-state index in [1.54, 1.807) is 20.4 Å². The van der Waals surface area contributed by atoms with Crippen molar-refractivity contribution in [1.29, 1.82) is 0 Å². The number of hydrogen-bond acceptors (Lipinski definition) is 4. The van der Waals surface area contributed by atoms with Crippen molar-refractivity contribution in [2.24, 2.45) is 5.10 Å². The standard InChI is InChI=1S/C14H20N2O2/c1-15-16-10-11-7-8-13(17-2)14(9-11)18-12-5-3-4-6-12/h7-10,12,15H,3-6H2,1-2H3. The molecule has 4 nitrogen and oxygen atoms in total. The predicted molar refractivity (Wildman–Crippen MR) is 72.5 cm³/mol. The van der Waals surface area contributed by atoms with Crippen molar-refractivity contribution in [2.75, 3.05) is 14.2 Å². The Kier molecular flexibility index (Phi) is 4.45. The average molecular weight is 248 g/mol. The molecule has 98 valence electrons. The largest absolute Gasteiger partial charge is 0.493 e. The molecular weight excluding hydrogens is 228 g/mol.